The van der Waals surface area contributed by atoms with Crippen molar-refractivity contribution in [3.63, 3.8) is 0 Å². The van der Waals surface area contributed by atoms with Gasteiger partial charge in [-0.25, -0.2) is 0 Å². The van der Waals surface area contributed by atoms with Gasteiger partial charge in [-0.1, -0.05) is 13.0 Å². The predicted octanol–water partition coefficient (Wildman–Crippen LogP) is 1.74. The second-order valence-corrected chi connectivity index (χ2v) is 4.02. The molecule has 0 spiro atoms. The number of nitriles is 1. The summed E-state index contributed by atoms with van der Waals surface area (Å²) in [5.74, 6) is -0.0576. The Morgan fingerprint density at radius 1 is 1.59 bits per heavy atom. The van der Waals surface area contributed by atoms with E-state index in [1.54, 1.807) is 6.20 Å². The van der Waals surface area contributed by atoms with Crippen LogP contribution in [-0.4, -0.2) is 16.9 Å². The summed E-state index contributed by atoms with van der Waals surface area (Å²) in [7, 11) is 0. The van der Waals surface area contributed by atoms with Gasteiger partial charge < -0.3 is 5.32 Å². The van der Waals surface area contributed by atoms with Crippen molar-refractivity contribution in [3.8, 4) is 6.07 Å². The van der Waals surface area contributed by atoms with E-state index in [9.17, 15) is 4.79 Å². The third-order valence-electron chi connectivity index (χ3n) is 2.53. The molecule has 90 valence electrons. The van der Waals surface area contributed by atoms with E-state index < -0.39 is 0 Å². The normalized spacial score (nSPS) is 11.6. The van der Waals surface area contributed by atoms with Crippen LogP contribution in [0.3, 0.4) is 0 Å². The lowest BCUT2D eigenvalue weighted by Gasteiger charge is -2.13. The molecule has 0 bridgehead atoms. The van der Waals surface area contributed by atoms with Crippen LogP contribution >= 0.6 is 0 Å². The van der Waals surface area contributed by atoms with Crippen molar-refractivity contribution in [1.29, 1.82) is 5.26 Å². The first-order valence-corrected chi connectivity index (χ1v) is 5.73. The molecule has 0 aliphatic rings. The molecule has 0 aliphatic heterocycles. The maximum absolute atomic E-state index is 11.7. The number of rotatable bonds is 5. The van der Waals surface area contributed by atoms with Gasteiger partial charge in [-0.15, -0.1) is 0 Å². The number of pyridine rings is 1. The number of nitrogens with one attached hydrogen (secondary N) is 1. The molecule has 0 unspecified atom stereocenters. The molecule has 0 aromatic carbocycles. The van der Waals surface area contributed by atoms with E-state index in [0.717, 1.165) is 17.7 Å². The Kier molecular flexibility index (Phi) is 5.15. The quantitative estimate of drug-likeness (QED) is 0.839. The van der Waals surface area contributed by atoms with Gasteiger partial charge in [0.2, 0.25) is 5.91 Å². The van der Waals surface area contributed by atoms with Gasteiger partial charge in [-0.2, -0.15) is 5.26 Å². The Labute approximate surface area is 102 Å². The molecular weight excluding hydrogens is 214 g/mol. The molecule has 0 saturated carbocycles. The van der Waals surface area contributed by atoms with Crippen LogP contribution < -0.4 is 5.32 Å². The molecule has 1 N–H and O–H groups in total. The average Bonchev–Trinajstić information content (AvgIpc) is 2.31. The second-order valence-electron chi connectivity index (χ2n) is 4.02. The van der Waals surface area contributed by atoms with Gasteiger partial charge in [0.25, 0.3) is 0 Å². The first-order valence-electron chi connectivity index (χ1n) is 5.73. The van der Waals surface area contributed by atoms with Gasteiger partial charge >= 0.3 is 0 Å². The highest BCUT2D eigenvalue weighted by Gasteiger charge is 2.10. The maximum Gasteiger partial charge on any atom is 0.224 e. The Bertz CT molecular complexity index is 406. The second kappa shape index (κ2) is 6.64. The number of nitrogens with zero attached hydrogens (tertiary/aromatic N) is 2. The van der Waals surface area contributed by atoms with E-state index in [2.05, 4.69) is 16.4 Å². The third kappa shape index (κ3) is 4.64. The van der Waals surface area contributed by atoms with Crippen LogP contribution in [0.25, 0.3) is 0 Å². The largest absolute Gasteiger partial charge is 0.352 e. The fraction of sp³-hybridized carbons (Fsp3) is 0.462. The Balaban J connectivity index is 2.49. The SMILES string of the molecule is CC[C@@H](CC#N)NC(=O)Cc1ccc(C)nc1. The fourth-order valence-corrected chi connectivity index (χ4v) is 1.47. The number of carbonyl (C=O) groups excluding carboxylic acids is 1. The molecule has 1 amide bonds. The minimum atomic E-state index is -0.0576. The third-order valence-corrected chi connectivity index (χ3v) is 2.53. The average molecular weight is 231 g/mol. The number of hydrogen-bond donors (Lipinski definition) is 1. The Hall–Kier alpha value is -1.89. The number of hydrogen-bond acceptors (Lipinski definition) is 3. The summed E-state index contributed by atoms with van der Waals surface area (Å²) in [6, 6.07) is 5.80. The smallest absolute Gasteiger partial charge is 0.224 e. The molecule has 0 aliphatic carbocycles. The van der Waals surface area contributed by atoms with Crippen LogP contribution in [0.1, 0.15) is 31.0 Å². The van der Waals surface area contributed by atoms with Crippen LogP contribution in [0.5, 0.6) is 0 Å². The van der Waals surface area contributed by atoms with Crippen LogP contribution in [0.2, 0.25) is 0 Å². The monoisotopic (exact) mass is 231 g/mol. The summed E-state index contributed by atoms with van der Waals surface area (Å²) in [4.78, 5) is 15.8. The number of amides is 1. The molecule has 1 aromatic rings. The predicted molar refractivity (Wildman–Crippen MR) is 65.1 cm³/mol. The molecule has 1 heterocycles. The van der Waals surface area contributed by atoms with Crippen LogP contribution in [-0.2, 0) is 11.2 Å². The maximum atomic E-state index is 11.7. The summed E-state index contributed by atoms with van der Waals surface area (Å²) in [5, 5.41) is 11.4. The summed E-state index contributed by atoms with van der Waals surface area (Å²) in [5.41, 5.74) is 1.82. The van der Waals surface area contributed by atoms with E-state index in [1.165, 1.54) is 0 Å². The summed E-state index contributed by atoms with van der Waals surface area (Å²) >= 11 is 0. The molecule has 1 atom stereocenters. The van der Waals surface area contributed by atoms with Crippen LogP contribution in [0, 0.1) is 18.3 Å². The van der Waals surface area contributed by atoms with Crippen molar-refractivity contribution in [1.82, 2.24) is 10.3 Å². The fourth-order valence-electron chi connectivity index (χ4n) is 1.47. The van der Waals surface area contributed by atoms with Crippen molar-refractivity contribution in [2.24, 2.45) is 0 Å². The van der Waals surface area contributed by atoms with Gasteiger partial charge in [0.1, 0.15) is 0 Å². The van der Waals surface area contributed by atoms with Crippen LogP contribution in [0.15, 0.2) is 18.3 Å². The lowest BCUT2D eigenvalue weighted by molar-refractivity contribution is -0.121. The lowest BCUT2D eigenvalue weighted by Crippen LogP contribution is -2.35. The summed E-state index contributed by atoms with van der Waals surface area (Å²) < 4.78 is 0. The van der Waals surface area contributed by atoms with Gasteiger partial charge in [-0.3, -0.25) is 9.78 Å². The molecule has 4 heteroatoms. The zero-order valence-electron chi connectivity index (χ0n) is 10.2. The standard InChI is InChI=1S/C13H17N3O/c1-3-12(6-7-14)16-13(17)8-11-5-4-10(2)15-9-11/h4-5,9,12H,3,6,8H2,1-2H3,(H,16,17)/t12-/m0/s1. The molecule has 17 heavy (non-hydrogen) atoms. The topological polar surface area (TPSA) is 65.8 Å². The van der Waals surface area contributed by atoms with Crippen molar-refractivity contribution in [2.45, 2.75) is 39.2 Å². The van der Waals surface area contributed by atoms with Crippen molar-refractivity contribution < 1.29 is 4.79 Å². The van der Waals surface area contributed by atoms with E-state index >= 15 is 0 Å². The van der Waals surface area contributed by atoms with E-state index in [-0.39, 0.29) is 11.9 Å². The van der Waals surface area contributed by atoms with Crippen molar-refractivity contribution in [3.05, 3.63) is 29.6 Å². The zero-order valence-corrected chi connectivity index (χ0v) is 10.2. The lowest BCUT2D eigenvalue weighted by atomic mass is 10.1. The van der Waals surface area contributed by atoms with E-state index in [0.29, 0.717) is 12.8 Å². The Morgan fingerprint density at radius 3 is 2.88 bits per heavy atom. The molecule has 4 nitrogen and oxygen atoms in total. The minimum absolute atomic E-state index is 0.0501. The van der Waals surface area contributed by atoms with Gasteiger partial charge in [-0.05, 0) is 25.0 Å². The molecule has 0 fully saturated rings. The summed E-state index contributed by atoms with van der Waals surface area (Å²) in [6.45, 7) is 3.86. The highest BCUT2D eigenvalue weighted by molar-refractivity contribution is 5.78. The number of aryl methyl sites for hydroxylation is 1. The molecule has 0 radical (unpaired) electrons. The highest BCUT2D eigenvalue weighted by Crippen LogP contribution is 2.02. The Morgan fingerprint density at radius 2 is 2.35 bits per heavy atom. The molecule has 1 aromatic heterocycles. The van der Waals surface area contributed by atoms with Crippen molar-refractivity contribution >= 4 is 5.91 Å². The van der Waals surface area contributed by atoms with Gasteiger partial charge in [0.05, 0.1) is 18.9 Å². The molecule has 1 rings (SSSR count). The van der Waals surface area contributed by atoms with Crippen LogP contribution in [0.4, 0.5) is 0 Å². The van der Waals surface area contributed by atoms with E-state index in [1.807, 2.05) is 26.0 Å². The first-order chi connectivity index (χ1) is 8.15. The summed E-state index contributed by atoms with van der Waals surface area (Å²) in [6.07, 6.45) is 3.15. The first kappa shape index (κ1) is 13.2. The van der Waals surface area contributed by atoms with Crippen molar-refractivity contribution in [2.75, 3.05) is 0 Å². The zero-order chi connectivity index (χ0) is 12.7. The van der Waals surface area contributed by atoms with Gasteiger partial charge in [0, 0.05) is 17.9 Å². The number of carbonyl (C=O) groups is 1. The molecule has 0 saturated heterocycles. The minimum Gasteiger partial charge on any atom is -0.352 e. The highest BCUT2D eigenvalue weighted by atomic mass is 16.1. The van der Waals surface area contributed by atoms with E-state index in [4.69, 9.17) is 5.26 Å². The number of aromatic nitrogens is 1. The van der Waals surface area contributed by atoms with Gasteiger partial charge in [0.15, 0.2) is 0 Å². The molecular formula is C13H17N3O.